The lowest BCUT2D eigenvalue weighted by atomic mass is 9.77. The standard InChI is InChI=1S/C30H28N2O5/c1-36-23-15-8-12-21(18-23)26-24-25(28(34)32(27(24)33)22-13-6-3-7-14-22)30(16-9-17-31(26)30)29(35)37-19-20-10-4-2-5-11-20/h2-8,10-15,18,24-26H,9,16-17,19H2,1H3/t24-,25+,26+,30-/m1/s1. The molecule has 3 aromatic carbocycles. The Labute approximate surface area is 215 Å². The van der Waals surface area contributed by atoms with E-state index in [4.69, 9.17) is 9.47 Å². The van der Waals surface area contributed by atoms with Crippen molar-refractivity contribution in [2.45, 2.75) is 31.0 Å². The van der Waals surface area contributed by atoms with E-state index in [1.54, 1.807) is 31.4 Å². The third-order valence-electron chi connectivity index (χ3n) is 8.03. The van der Waals surface area contributed by atoms with Gasteiger partial charge in [0, 0.05) is 6.04 Å². The molecule has 7 heteroatoms. The smallest absolute Gasteiger partial charge is 0.327 e. The van der Waals surface area contributed by atoms with Gasteiger partial charge in [0.15, 0.2) is 0 Å². The van der Waals surface area contributed by atoms with Gasteiger partial charge in [-0.3, -0.25) is 19.3 Å². The van der Waals surface area contributed by atoms with Crippen LogP contribution in [0, 0.1) is 11.8 Å². The molecule has 3 saturated heterocycles. The monoisotopic (exact) mass is 496 g/mol. The molecule has 37 heavy (non-hydrogen) atoms. The number of nitrogens with zero attached hydrogens (tertiary/aromatic N) is 2. The van der Waals surface area contributed by atoms with E-state index < -0.39 is 29.4 Å². The Bertz CT molecular complexity index is 1340. The van der Waals surface area contributed by atoms with Crippen molar-refractivity contribution in [1.82, 2.24) is 4.90 Å². The van der Waals surface area contributed by atoms with E-state index in [-0.39, 0.29) is 18.4 Å². The number of hydrogen-bond acceptors (Lipinski definition) is 6. The maximum atomic E-state index is 14.1. The van der Waals surface area contributed by atoms with Crippen molar-refractivity contribution < 1.29 is 23.9 Å². The Balaban J connectivity index is 1.45. The molecule has 3 heterocycles. The van der Waals surface area contributed by atoms with Crippen molar-refractivity contribution in [3.63, 3.8) is 0 Å². The van der Waals surface area contributed by atoms with Crippen LogP contribution in [0.3, 0.4) is 0 Å². The van der Waals surface area contributed by atoms with Crippen LogP contribution in [0.15, 0.2) is 84.9 Å². The molecule has 0 N–H and O–H groups in total. The molecule has 188 valence electrons. The largest absolute Gasteiger partial charge is 0.497 e. The summed E-state index contributed by atoms with van der Waals surface area (Å²) in [7, 11) is 1.60. The van der Waals surface area contributed by atoms with Crippen molar-refractivity contribution >= 4 is 23.5 Å². The van der Waals surface area contributed by atoms with E-state index in [0.29, 0.717) is 24.4 Å². The molecule has 2 amide bonds. The highest BCUT2D eigenvalue weighted by atomic mass is 16.5. The Kier molecular flexibility index (Phi) is 5.80. The number of carbonyl (C=O) groups excluding carboxylic acids is 3. The summed E-state index contributed by atoms with van der Waals surface area (Å²) in [6.45, 7) is 0.711. The second-order valence-electron chi connectivity index (χ2n) is 9.86. The van der Waals surface area contributed by atoms with E-state index in [0.717, 1.165) is 17.5 Å². The molecule has 3 fully saturated rings. The number of carbonyl (C=O) groups is 3. The summed E-state index contributed by atoms with van der Waals surface area (Å²) in [5.74, 6) is -1.93. The van der Waals surface area contributed by atoms with Crippen LogP contribution in [0.2, 0.25) is 0 Å². The van der Waals surface area contributed by atoms with Crippen molar-refractivity contribution in [2.24, 2.45) is 11.8 Å². The fourth-order valence-corrected chi connectivity index (χ4v) is 6.53. The third kappa shape index (κ3) is 3.56. The minimum Gasteiger partial charge on any atom is -0.497 e. The number of anilines is 1. The predicted molar refractivity (Wildman–Crippen MR) is 137 cm³/mol. The van der Waals surface area contributed by atoms with Gasteiger partial charge in [-0.05, 0) is 54.8 Å². The zero-order valence-corrected chi connectivity index (χ0v) is 20.6. The predicted octanol–water partition coefficient (Wildman–Crippen LogP) is 4.13. The minimum atomic E-state index is -1.20. The Morgan fingerprint density at radius 1 is 0.946 bits per heavy atom. The minimum absolute atomic E-state index is 0.112. The van der Waals surface area contributed by atoms with Gasteiger partial charge in [-0.1, -0.05) is 60.7 Å². The van der Waals surface area contributed by atoms with Crippen LogP contribution in [-0.2, 0) is 25.7 Å². The van der Waals surface area contributed by atoms with Gasteiger partial charge in [0.1, 0.15) is 17.9 Å². The summed E-state index contributed by atoms with van der Waals surface area (Å²) in [6.07, 6.45) is 1.20. The SMILES string of the molecule is COc1cccc([C@H]2[C@@H]3C(=O)N(c4ccccc4)C(=O)[C@H]3[C@@]3(C(=O)OCc4ccccc4)CCCN23)c1. The molecule has 0 bridgehead atoms. The summed E-state index contributed by atoms with van der Waals surface area (Å²) in [5, 5.41) is 0. The topological polar surface area (TPSA) is 76.1 Å². The lowest BCUT2D eigenvalue weighted by molar-refractivity contribution is -0.161. The number of hydrogen-bond donors (Lipinski definition) is 0. The second kappa shape index (κ2) is 9.16. The molecular formula is C30H28N2O5. The van der Waals surface area contributed by atoms with Crippen LogP contribution < -0.4 is 9.64 Å². The van der Waals surface area contributed by atoms with Gasteiger partial charge in [0.2, 0.25) is 11.8 Å². The normalized spacial score (nSPS) is 26.7. The number of fused-ring (bicyclic) bond motifs is 3. The van der Waals surface area contributed by atoms with Crippen LogP contribution in [-0.4, -0.2) is 41.9 Å². The second-order valence-corrected chi connectivity index (χ2v) is 9.86. The Hall–Kier alpha value is -3.97. The third-order valence-corrected chi connectivity index (χ3v) is 8.03. The highest BCUT2D eigenvalue weighted by Crippen LogP contribution is 2.60. The molecule has 3 aliphatic heterocycles. The molecule has 4 atom stereocenters. The molecule has 0 aromatic heterocycles. The number of rotatable bonds is 6. The first-order valence-electron chi connectivity index (χ1n) is 12.6. The molecule has 0 saturated carbocycles. The molecular weight excluding hydrogens is 468 g/mol. The molecule has 0 radical (unpaired) electrons. The molecule has 0 spiro atoms. The van der Waals surface area contributed by atoms with Crippen LogP contribution in [0.1, 0.15) is 30.0 Å². The number of methoxy groups -OCH3 is 1. The molecule has 3 aromatic rings. The van der Waals surface area contributed by atoms with E-state index in [1.165, 1.54) is 4.90 Å². The maximum absolute atomic E-state index is 14.1. The van der Waals surface area contributed by atoms with Gasteiger partial charge >= 0.3 is 5.97 Å². The number of esters is 1. The molecule has 6 rings (SSSR count). The van der Waals surface area contributed by atoms with E-state index >= 15 is 0 Å². The highest BCUT2D eigenvalue weighted by molar-refractivity contribution is 6.24. The molecule has 3 aliphatic rings. The average molecular weight is 497 g/mol. The number of benzene rings is 3. The number of ether oxygens (including phenoxy) is 2. The molecule has 7 nitrogen and oxygen atoms in total. The first-order chi connectivity index (χ1) is 18.1. The van der Waals surface area contributed by atoms with Crippen LogP contribution >= 0.6 is 0 Å². The summed E-state index contributed by atoms with van der Waals surface area (Å²) in [6, 6.07) is 25.6. The zero-order chi connectivity index (χ0) is 25.6. The molecule has 0 unspecified atom stereocenters. The van der Waals surface area contributed by atoms with E-state index in [1.807, 2.05) is 60.7 Å². The van der Waals surface area contributed by atoms with Crippen LogP contribution in [0.25, 0.3) is 0 Å². The lowest BCUT2D eigenvalue weighted by Crippen LogP contribution is -2.54. The van der Waals surface area contributed by atoms with Crippen LogP contribution in [0.4, 0.5) is 5.69 Å². The average Bonchev–Trinajstić information content (AvgIpc) is 3.57. The first kappa shape index (κ1) is 23.4. The van der Waals surface area contributed by atoms with Gasteiger partial charge in [-0.25, -0.2) is 4.90 Å². The quantitative estimate of drug-likeness (QED) is 0.377. The number of amides is 2. The van der Waals surface area contributed by atoms with Gasteiger partial charge in [-0.2, -0.15) is 0 Å². The van der Waals surface area contributed by atoms with Crippen molar-refractivity contribution in [3.05, 3.63) is 96.1 Å². The lowest BCUT2D eigenvalue weighted by Gasteiger charge is -2.36. The fraction of sp³-hybridized carbons (Fsp3) is 0.300. The Morgan fingerprint density at radius 3 is 2.41 bits per heavy atom. The number of imide groups is 1. The zero-order valence-electron chi connectivity index (χ0n) is 20.6. The highest BCUT2D eigenvalue weighted by Gasteiger charge is 2.73. The van der Waals surface area contributed by atoms with Gasteiger partial charge in [0.25, 0.3) is 0 Å². The van der Waals surface area contributed by atoms with Crippen molar-refractivity contribution in [1.29, 1.82) is 0 Å². The first-order valence-corrected chi connectivity index (χ1v) is 12.6. The van der Waals surface area contributed by atoms with Gasteiger partial charge in [-0.15, -0.1) is 0 Å². The van der Waals surface area contributed by atoms with Crippen molar-refractivity contribution in [2.75, 3.05) is 18.6 Å². The summed E-state index contributed by atoms with van der Waals surface area (Å²) in [4.78, 5) is 45.4. The fourth-order valence-electron chi connectivity index (χ4n) is 6.53. The van der Waals surface area contributed by atoms with Crippen molar-refractivity contribution in [3.8, 4) is 5.75 Å². The van der Waals surface area contributed by atoms with E-state index in [2.05, 4.69) is 4.90 Å². The van der Waals surface area contributed by atoms with Crippen LogP contribution in [0.5, 0.6) is 5.75 Å². The van der Waals surface area contributed by atoms with Gasteiger partial charge in [0.05, 0.1) is 24.6 Å². The Morgan fingerprint density at radius 2 is 1.68 bits per heavy atom. The maximum Gasteiger partial charge on any atom is 0.327 e. The summed E-state index contributed by atoms with van der Waals surface area (Å²) < 4.78 is 11.4. The summed E-state index contributed by atoms with van der Waals surface area (Å²) >= 11 is 0. The summed E-state index contributed by atoms with van der Waals surface area (Å²) in [5.41, 5.74) is 1.04. The van der Waals surface area contributed by atoms with Gasteiger partial charge < -0.3 is 9.47 Å². The van der Waals surface area contributed by atoms with E-state index in [9.17, 15) is 14.4 Å². The molecule has 0 aliphatic carbocycles. The number of para-hydroxylation sites is 1.